The number of ether oxygens (including phenoxy) is 1. The number of hydrogen-bond donors (Lipinski definition) is 2. The van der Waals surface area contributed by atoms with E-state index in [1.54, 1.807) is 7.11 Å². The molecule has 0 amide bonds. The van der Waals surface area contributed by atoms with Crippen LogP contribution in [0.4, 0.5) is 0 Å². The van der Waals surface area contributed by atoms with Gasteiger partial charge >= 0.3 is 0 Å². The molecular formula is C18H30IN3OS. The normalized spacial score (nSPS) is 16.4. The Morgan fingerprint density at radius 2 is 2.04 bits per heavy atom. The summed E-state index contributed by atoms with van der Waals surface area (Å²) in [6, 6.07) is 8.54. The van der Waals surface area contributed by atoms with Gasteiger partial charge in [0.05, 0.1) is 7.11 Å². The van der Waals surface area contributed by atoms with Crippen LogP contribution in [-0.4, -0.2) is 45.2 Å². The first-order chi connectivity index (χ1) is 11.2. The second-order valence-corrected chi connectivity index (χ2v) is 7.05. The van der Waals surface area contributed by atoms with Crippen molar-refractivity contribution in [3.05, 3.63) is 29.8 Å². The molecule has 1 aliphatic carbocycles. The molecule has 24 heavy (non-hydrogen) atoms. The molecule has 0 radical (unpaired) electrons. The number of nitrogens with one attached hydrogen (secondary N) is 2. The summed E-state index contributed by atoms with van der Waals surface area (Å²) in [4.78, 5) is 4.34. The topological polar surface area (TPSA) is 45.7 Å². The zero-order valence-corrected chi connectivity index (χ0v) is 18.1. The highest BCUT2D eigenvalue weighted by Crippen LogP contribution is 2.41. The third kappa shape index (κ3) is 5.72. The Bertz CT molecular complexity index is 519. The van der Waals surface area contributed by atoms with Crippen LogP contribution in [0.25, 0.3) is 0 Å². The minimum absolute atomic E-state index is 0. The molecule has 6 heteroatoms. The maximum absolute atomic E-state index is 5.41. The summed E-state index contributed by atoms with van der Waals surface area (Å²) in [5, 5.41) is 6.91. The number of methoxy groups -OCH3 is 1. The quantitative estimate of drug-likeness (QED) is 0.281. The van der Waals surface area contributed by atoms with Crippen LogP contribution in [0.2, 0.25) is 0 Å². The van der Waals surface area contributed by atoms with Crippen LogP contribution in [0, 0.1) is 0 Å². The first-order valence-electron chi connectivity index (χ1n) is 8.32. The molecule has 136 valence electrons. The van der Waals surface area contributed by atoms with Crippen LogP contribution in [-0.2, 0) is 5.41 Å². The van der Waals surface area contributed by atoms with Crippen LogP contribution in [0.3, 0.4) is 0 Å². The van der Waals surface area contributed by atoms with E-state index in [1.807, 2.05) is 24.9 Å². The molecule has 0 spiro atoms. The van der Waals surface area contributed by atoms with Crippen molar-refractivity contribution >= 4 is 41.7 Å². The van der Waals surface area contributed by atoms with Gasteiger partial charge in [0.2, 0.25) is 0 Å². The lowest BCUT2D eigenvalue weighted by atomic mass is 9.78. The van der Waals surface area contributed by atoms with Crippen molar-refractivity contribution < 1.29 is 4.74 Å². The maximum Gasteiger partial charge on any atom is 0.191 e. The van der Waals surface area contributed by atoms with Gasteiger partial charge in [0.25, 0.3) is 0 Å². The Balaban J connectivity index is 0.00000288. The van der Waals surface area contributed by atoms with Gasteiger partial charge in [-0.25, -0.2) is 0 Å². The molecule has 0 unspecified atom stereocenters. The van der Waals surface area contributed by atoms with Crippen molar-refractivity contribution in [2.24, 2.45) is 4.99 Å². The van der Waals surface area contributed by atoms with Crippen LogP contribution >= 0.6 is 35.7 Å². The van der Waals surface area contributed by atoms with Crippen molar-refractivity contribution in [2.75, 3.05) is 39.3 Å². The third-order valence-corrected chi connectivity index (χ3v) is 5.27. The average Bonchev–Trinajstić information content (AvgIpc) is 3.08. The van der Waals surface area contributed by atoms with Crippen molar-refractivity contribution in [3.63, 3.8) is 0 Å². The Hall–Kier alpha value is -0.630. The van der Waals surface area contributed by atoms with Gasteiger partial charge in [0.15, 0.2) is 5.96 Å². The number of benzene rings is 1. The molecular weight excluding hydrogens is 433 g/mol. The van der Waals surface area contributed by atoms with E-state index in [2.05, 4.69) is 40.1 Å². The van der Waals surface area contributed by atoms with E-state index in [4.69, 9.17) is 4.74 Å². The maximum atomic E-state index is 5.41. The molecule has 0 aliphatic heterocycles. The first kappa shape index (κ1) is 21.4. The van der Waals surface area contributed by atoms with Gasteiger partial charge in [-0.05, 0) is 36.8 Å². The van der Waals surface area contributed by atoms with Crippen molar-refractivity contribution in [1.29, 1.82) is 0 Å². The fraction of sp³-hybridized carbons (Fsp3) is 0.611. The minimum atomic E-state index is 0. The number of hydrogen-bond acceptors (Lipinski definition) is 3. The van der Waals surface area contributed by atoms with E-state index in [0.717, 1.165) is 30.6 Å². The van der Waals surface area contributed by atoms with E-state index in [9.17, 15) is 0 Å². The molecule has 4 nitrogen and oxygen atoms in total. The van der Waals surface area contributed by atoms with E-state index in [0.29, 0.717) is 0 Å². The second kappa shape index (κ2) is 11.1. The standard InChI is InChI=1S/C18H29N3OS.HI/c1-19-17(20-11-12-23-3)21-14-18(9-4-5-10-18)15-7-6-8-16(13-15)22-2;/h6-8,13H,4-5,9-12,14H2,1-3H3,(H2,19,20,21);1H. The number of thioether (sulfide) groups is 1. The van der Waals surface area contributed by atoms with Crippen molar-refractivity contribution in [1.82, 2.24) is 10.6 Å². The van der Waals surface area contributed by atoms with Crippen LogP contribution < -0.4 is 15.4 Å². The summed E-state index contributed by atoms with van der Waals surface area (Å²) >= 11 is 1.84. The van der Waals surface area contributed by atoms with Crippen molar-refractivity contribution in [2.45, 2.75) is 31.1 Å². The Morgan fingerprint density at radius 3 is 2.67 bits per heavy atom. The highest BCUT2D eigenvalue weighted by Gasteiger charge is 2.35. The third-order valence-electron chi connectivity index (χ3n) is 4.66. The number of guanidine groups is 1. The SMILES string of the molecule is CN=C(NCCSC)NCC1(c2cccc(OC)c2)CCCC1.I. The first-order valence-corrected chi connectivity index (χ1v) is 9.71. The van der Waals surface area contributed by atoms with E-state index in [-0.39, 0.29) is 29.4 Å². The molecule has 0 aromatic heterocycles. The summed E-state index contributed by atoms with van der Waals surface area (Å²) in [5.41, 5.74) is 1.56. The van der Waals surface area contributed by atoms with Crippen LogP contribution in [0.1, 0.15) is 31.2 Å². The highest BCUT2D eigenvalue weighted by atomic mass is 127. The van der Waals surface area contributed by atoms with Gasteiger partial charge in [-0.2, -0.15) is 11.8 Å². The Kier molecular flexibility index (Phi) is 9.88. The largest absolute Gasteiger partial charge is 0.497 e. The lowest BCUT2D eigenvalue weighted by Gasteiger charge is -2.31. The summed E-state index contributed by atoms with van der Waals surface area (Å²) in [6.45, 7) is 1.85. The molecule has 1 fully saturated rings. The molecule has 0 atom stereocenters. The lowest BCUT2D eigenvalue weighted by molar-refractivity contribution is 0.404. The molecule has 0 bridgehead atoms. The molecule has 1 aliphatic rings. The number of halogens is 1. The molecule has 1 aromatic carbocycles. The van der Waals surface area contributed by atoms with Gasteiger partial charge in [0.1, 0.15) is 5.75 Å². The lowest BCUT2D eigenvalue weighted by Crippen LogP contribution is -2.45. The van der Waals surface area contributed by atoms with Gasteiger partial charge in [-0.3, -0.25) is 4.99 Å². The average molecular weight is 463 g/mol. The van der Waals surface area contributed by atoms with E-state index in [1.165, 1.54) is 31.2 Å². The molecule has 2 rings (SSSR count). The zero-order chi connectivity index (χ0) is 16.5. The molecule has 1 saturated carbocycles. The smallest absolute Gasteiger partial charge is 0.191 e. The molecule has 0 saturated heterocycles. The summed E-state index contributed by atoms with van der Waals surface area (Å²) in [5.74, 6) is 2.92. The predicted molar refractivity (Wildman–Crippen MR) is 116 cm³/mol. The highest BCUT2D eigenvalue weighted by molar-refractivity contribution is 14.0. The molecule has 0 heterocycles. The summed E-state index contributed by atoms with van der Waals surface area (Å²) < 4.78 is 5.41. The van der Waals surface area contributed by atoms with Crippen LogP contribution in [0.15, 0.2) is 29.3 Å². The van der Waals surface area contributed by atoms with E-state index < -0.39 is 0 Å². The number of aliphatic imine (C=N–C) groups is 1. The van der Waals surface area contributed by atoms with Gasteiger partial charge in [-0.1, -0.05) is 25.0 Å². The number of nitrogens with zero attached hydrogens (tertiary/aromatic N) is 1. The predicted octanol–water partition coefficient (Wildman–Crippen LogP) is 3.65. The number of rotatable bonds is 7. The summed E-state index contributed by atoms with van der Waals surface area (Å²) in [7, 11) is 3.57. The van der Waals surface area contributed by atoms with Gasteiger partial charge in [0, 0.05) is 31.3 Å². The van der Waals surface area contributed by atoms with Crippen molar-refractivity contribution in [3.8, 4) is 5.75 Å². The monoisotopic (exact) mass is 463 g/mol. The van der Waals surface area contributed by atoms with Crippen LogP contribution in [0.5, 0.6) is 5.75 Å². The summed E-state index contributed by atoms with van der Waals surface area (Å²) in [6.07, 6.45) is 7.13. The van der Waals surface area contributed by atoms with Gasteiger partial charge < -0.3 is 15.4 Å². The fourth-order valence-electron chi connectivity index (χ4n) is 3.32. The molecule has 1 aromatic rings. The Labute approximate surface area is 167 Å². The minimum Gasteiger partial charge on any atom is -0.497 e. The zero-order valence-electron chi connectivity index (χ0n) is 14.9. The molecule has 2 N–H and O–H groups in total. The Morgan fingerprint density at radius 1 is 1.29 bits per heavy atom. The second-order valence-electron chi connectivity index (χ2n) is 6.06. The van der Waals surface area contributed by atoms with Gasteiger partial charge in [-0.15, -0.1) is 24.0 Å². The fourth-order valence-corrected chi connectivity index (χ4v) is 3.62. The van der Waals surface area contributed by atoms with E-state index >= 15 is 0 Å².